The maximum absolute atomic E-state index is 12.8. The van der Waals surface area contributed by atoms with Gasteiger partial charge in [-0.3, -0.25) is 9.59 Å². The number of amides is 2. The number of carbonyl (C=O) groups excluding carboxylic acids is 2. The van der Waals surface area contributed by atoms with Gasteiger partial charge in [0.05, 0.1) is 18.2 Å². The molecule has 1 aromatic carbocycles. The normalized spacial score (nSPS) is 16.4. The summed E-state index contributed by atoms with van der Waals surface area (Å²) >= 11 is 1.38. The highest BCUT2D eigenvalue weighted by Gasteiger charge is 2.24. The van der Waals surface area contributed by atoms with E-state index in [1.807, 2.05) is 42.6 Å². The van der Waals surface area contributed by atoms with E-state index in [1.54, 1.807) is 4.90 Å². The van der Waals surface area contributed by atoms with E-state index in [0.717, 1.165) is 30.7 Å². The number of aromatic nitrogens is 1. The van der Waals surface area contributed by atoms with E-state index in [9.17, 15) is 9.59 Å². The fourth-order valence-corrected chi connectivity index (χ4v) is 3.62. The third-order valence-corrected chi connectivity index (χ3v) is 5.07. The summed E-state index contributed by atoms with van der Waals surface area (Å²) in [7, 11) is 0. The summed E-state index contributed by atoms with van der Waals surface area (Å²) in [5.41, 5.74) is 1.80. The minimum atomic E-state index is -0.237. The van der Waals surface area contributed by atoms with Crippen molar-refractivity contribution in [1.82, 2.24) is 9.88 Å². The Bertz CT molecular complexity index is 741. The summed E-state index contributed by atoms with van der Waals surface area (Å²) in [5.74, 6) is -0.309. The average molecular weight is 373 g/mol. The van der Waals surface area contributed by atoms with E-state index in [-0.39, 0.29) is 30.9 Å². The van der Waals surface area contributed by atoms with Crippen molar-refractivity contribution in [3.63, 3.8) is 0 Å². The van der Waals surface area contributed by atoms with Gasteiger partial charge >= 0.3 is 0 Å². The zero-order valence-corrected chi connectivity index (χ0v) is 15.6. The van der Waals surface area contributed by atoms with E-state index in [4.69, 9.17) is 4.74 Å². The third-order valence-electron chi connectivity index (χ3n) is 4.20. The second-order valence-corrected chi connectivity index (χ2v) is 7.27. The number of hydrogen-bond acceptors (Lipinski definition) is 5. The monoisotopic (exact) mass is 373 g/mol. The number of hydrogen-bond donors (Lipinski definition) is 1. The average Bonchev–Trinajstić information content (AvgIpc) is 3.27. The number of nitrogens with zero attached hydrogens (tertiary/aromatic N) is 2. The highest BCUT2D eigenvalue weighted by atomic mass is 32.1. The lowest BCUT2D eigenvalue weighted by molar-refractivity contribution is -0.135. The number of ether oxygens (including phenoxy) is 1. The zero-order chi connectivity index (χ0) is 18.4. The second-order valence-electron chi connectivity index (χ2n) is 6.41. The molecule has 1 atom stereocenters. The molecule has 1 aliphatic rings. The van der Waals surface area contributed by atoms with Gasteiger partial charge in [-0.2, -0.15) is 0 Å². The quantitative estimate of drug-likeness (QED) is 0.810. The summed E-state index contributed by atoms with van der Waals surface area (Å²) in [4.78, 5) is 31.0. The molecule has 3 rings (SSSR count). The zero-order valence-electron chi connectivity index (χ0n) is 14.8. The Balaban J connectivity index is 1.63. The minimum absolute atomic E-state index is 0.00412. The van der Waals surface area contributed by atoms with Gasteiger partial charge in [-0.05, 0) is 25.3 Å². The molecule has 1 unspecified atom stereocenters. The summed E-state index contributed by atoms with van der Waals surface area (Å²) in [6, 6.07) is 9.57. The molecule has 1 fully saturated rings. The van der Waals surface area contributed by atoms with Crippen molar-refractivity contribution in [3.05, 3.63) is 47.0 Å². The van der Waals surface area contributed by atoms with Gasteiger partial charge in [-0.15, -0.1) is 11.3 Å². The molecule has 1 saturated heterocycles. The molecule has 2 heterocycles. The van der Waals surface area contributed by atoms with E-state index < -0.39 is 0 Å². The van der Waals surface area contributed by atoms with Gasteiger partial charge in [0, 0.05) is 18.5 Å². The Kier molecular flexibility index (Phi) is 6.35. The lowest BCUT2D eigenvalue weighted by Gasteiger charge is -2.25. The standard InChI is InChI=1S/C19H23N3O3S/c1-14-13-26-19(20-14)21-17(23)12-22(11-16-8-5-9-25-16)18(24)10-15-6-3-2-4-7-15/h2-4,6-7,13,16H,5,8-12H2,1H3,(H,20,21,23). The van der Waals surface area contributed by atoms with Crippen LogP contribution in [0.4, 0.5) is 5.13 Å². The molecule has 2 amide bonds. The summed E-state index contributed by atoms with van der Waals surface area (Å²) in [5, 5.41) is 5.20. The van der Waals surface area contributed by atoms with Crippen LogP contribution in [-0.2, 0) is 20.7 Å². The first-order valence-corrected chi connectivity index (χ1v) is 9.63. The number of aryl methyl sites for hydroxylation is 1. The third kappa shape index (κ3) is 5.37. The van der Waals surface area contributed by atoms with E-state index in [0.29, 0.717) is 11.7 Å². The number of rotatable bonds is 7. The fourth-order valence-electron chi connectivity index (χ4n) is 2.91. The van der Waals surface area contributed by atoms with Crippen molar-refractivity contribution in [3.8, 4) is 0 Å². The molecule has 0 radical (unpaired) electrons. The van der Waals surface area contributed by atoms with Crippen LogP contribution in [0.2, 0.25) is 0 Å². The maximum Gasteiger partial charge on any atom is 0.245 e. The van der Waals surface area contributed by atoms with Gasteiger partial charge in [-0.25, -0.2) is 4.98 Å². The Morgan fingerprint density at radius 1 is 1.35 bits per heavy atom. The van der Waals surface area contributed by atoms with Crippen LogP contribution in [-0.4, -0.2) is 47.5 Å². The van der Waals surface area contributed by atoms with Crippen molar-refractivity contribution in [2.75, 3.05) is 25.0 Å². The van der Waals surface area contributed by atoms with Crippen LogP contribution in [0.15, 0.2) is 35.7 Å². The van der Waals surface area contributed by atoms with E-state index >= 15 is 0 Å². The Morgan fingerprint density at radius 3 is 2.81 bits per heavy atom. The van der Waals surface area contributed by atoms with Crippen LogP contribution >= 0.6 is 11.3 Å². The van der Waals surface area contributed by atoms with Gasteiger partial charge in [0.1, 0.15) is 6.54 Å². The Morgan fingerprint density at radius 2 is 2.15 bits per heavy atom. The van der Waals surface area contributed by atoms with Gasteiger partial charge in [0.25, 0.3) is 0 Å². The highest BCUT2D eigenvalue weighted by Crippen LogP contribution is 2.16. The Hall–Kier alpha value is -2.25. The number of anilines is 1. The van der Waals surface area contributed by atoms with E-state index in [2.05, 4.69) is 10.3 Å². The minimum Gasteiger partial charge on any atom is -0.376 e. The number of benzene rings is 1. The molecule has 1 N–H and O–H groups in total. The van der Waals surface area contributed by atoms with Gasteiger partial charge in [0.2, 0.25) is 11.8 Å². The molecule has 2 aromatic rings. The first kappa shape index (κ1) is 18.5. The molecule has 138 valence electrons. The van der Waals surface area contributed by atoms with Crippen LogP contribution in [0.3, 0.4) is 0 Å². The van der Waals surface area contributed by atoms with Crippen LogP contribution in [0.25, 0.3) is 0 Å². The largest absolute Gasteiger partial charge is 0.376 e. The molecule has 26 heavy (non-hydrogen) atoms. The van der Waals surface area contributed by atoms with Crippen molar-refractivity contribution >= 4 is 28.3 Å². The first-order chi connectivity index (χ1) is 12.6. The molecule has 0 spiro atoms. The smallest absolute Gasteiger partial charge is 0.245 e. The van der Waals surface area contributed by atoms with E-state index in [1.165, 1.54) is 11.3 Å². The summed E-state index contributed by atoms with van der Waals surface area (Å²) in [6.45, 7) is 3.04. The highest BCUT2D eigenvalue weighted by molar-refractivity contribution is 7.13. The van der Waals surface area contributed by atoms with Crippen LogP contribution in [0.1, 0.15) is 24.1 Å². The summed E-state index contributed by atoms with van der Waals surface area (Å²) < 4.78 is 5.65. The second kappa shape index (κ2) is 8.91. The molecule has 6 nitrogen and oxygen atoms in total. The summed E-state index contributed by atoms with van der Waals surface area (Å²) in [6.07, 6.45) is 2.19. The number of thiazole rings is 1. The predicted molar refractivity (Wildman–Crippen MR) is 101 cm³/mol. The Labute approximate surface area is 157 Å². The number of carbonyl (C=O) groups is 2. The molecular weight excluding hydrogens is 350 g/mol. The lowest BCUT2D eigenvalue weighted by Crippen LogP contribution is -2.43. The van der Waals surface area contributed by atoms with Crippen molar-refractivity contribution in [2.45, 2.75) is 32.3 Å². The number of nitrogens with one attached hydrogen (secondary N) is 1. The predicted octanol–water partition coefficient (Wildman–Crippen LogP) is 2.64. The van der Waals surface area contributed by atoms with Crippen molar-refractivity contribution in [1.29, 1.82) is 0 Å². The SMILES string of the molecule is Cc1csc(NC(=O)CN(CC2CCCO2)C(=O)Cc2ccccc2)n1. The van der Waals surface area contributed by atoms with Crippen molar-refractivity contribution in [2.24, 2.45) is 0 Å². The van der Waals surface area contributed by atoms with Crippen LogP contribution in [0.5, 0.6) is 0 Å². The fraction of sp³-hybridized carbons (Fsp3) is 0.421. The molecule has 7 heteroatoms. The molecule has 0 aliphatic carbocycles. The molecule has 1 aromatic heterocycles. The van der Waals surface area contributed by atoms with Crippen LogP contribution in [0, 0.1) is 6.92 Å². The first-order valence-electron chi connectivity index (χ1n) is 8.75. The molecule has 0 saturated carbocycles. The van der Waals surface area contributed by atoms with Gasteiger partial charge < -0.3 is 15.0 Å². The molecule has 1 aliphatic heterocycles. The van der Waals surface area contributed by atoms with Gasteiger partial charge in [0.15, 0.2) is 5.13 Å². The van der Waals surface area contributed by atoms with Crippen molar-refractivity contribution < 1.29 is 14.3 Å². The topological polar surface area (TPSA) is 71.5 Å². The van der Waals surface area contributed by atoms with Crippen LogP contribution < -0.4 is 5.32 Å². The lowest BCUT2D eigenvalue weighted by atomic mass is 10.1. The van der Waals surface area contributed by atoms with Gasteiger partial charge in [-0.1, -0.05) is 30.3 Å². The molecule has 0 bridgehead atoms. The maximum atomic E-state index is 12.8. The molecular formula is C19H23N3O3S.